The second kappa shape index (κ2) is 6.77. The van der Waals surface area contributed by atoms with Crippen LogP contribution in [0.25, 0.3) is 0 Å². The van der Waals surface area contributed by atoms with Crippen LogP contribution in [-0.2, 0) is 14.8 Å². The molecule has 0 saturated carbocycles. The van der Waals surface area contributed by atoms with Gasteiger partial charge in [0.05, 0.1) is 0 Å². The van der Waals surface area contributed by atoms with Gasteiger partial charge in [0.2, 0.25) is 15.4 Å². The third kappa shape index (κ3) is 3.96. The van der Waals surface area contributed by atoms with Crippen molar-refractivity contribution in [1.82, 2.24) is 19.8 Å². The smallest absolute Gasteiger partial charge is 0.272 e. The summed E-state index contributed by atoms with van der Waals surface area (Å²) >= 11 is 0.873. The number of carbonyl (C=O) groups is 1. The van der Waals surface area contributed by atoms with Crippen LogP contribution in [0.15, 0.2) is 4.34 Å². The van der Waals surface area contributed by atoms with E-state index < -0.39 is 10.0 Å². The summed E-state index contributed by atoms with van der Waals surface area (Å²) in [6.07, 6.45) is 1.56. The Kier molecular flexibility index (Phi) is 5.25. The second-order valence-corrected chi connectivity index (χ2v) is 7.88. The molecule has 1 aromatic heterocycles. The van der Waals surface area contributed by atoms with E-state index in [0.717, 1.165) is 30.7 Å². The summed E-state index contributed by atoms with van der Waals surface area (Å²) in [5.41, 5.74) is 0. The zero-order chi connectivity index (χ0) is 15.5. The highest BCUT2D eigenvalue weighted by molar-refractivity contribution is 7.91. The molecule has 0 aromatic carbocycles. The van der Waals surface area contributed by atoms with Crippen molar-refractivity contribution in [2.24, 2.45) is 0 Å². The number of nitrogens with one attached hydrogen (secondary N) is 2. The molecule has 118 valence electrons. The molecule has 1 fully saturated rings. The summed E-state index contributed by atoms with van der Waals surface area (Å²) < 4.78 is 26.3. The van der Waals surface area contributed by atoms with E-state index in [2.05, 4.69) is 20.8 Å². The Morgan fingerprint density at radius 3 is 2.62 bits per heavy atom. The Morgan fingerprint density at radius 1 is 1.38 bits per heavy atom. The lowest BCUT2D eigenvalue weighted by atomic mass is 10.1. The van der Waals surface area contributed by atoms with Gasteiger partial charge in [0, 0.05) is 26.1 Å². The molecule has 1 amide bonds. The van der Waals surface area contributed by atoms with Crippen molar-refractivity contribution in [2.75, 3.05) is 25.0 Å². The van der Waals surface area contributed by atoms with Crippen LogP contribution in [-0.4, -0.2) is 54.5 Å². The number of rotatable bonds is 5. The van der Waals surface area contributed by atoms with Crippen LogP contribution >= 0.6 is 11.3 Å². The number of sulfonamides is 1. The molecule has 0 unspecified atom stereocenters. The van der Waals surface area contributed by atoms with Gasteiger partial charge in [0.15, 0.2) is 0 Å². The molecule has 21 heavy (non-hydrogen) atoms. The molecular weight excluding hydrogens is 314 g/mol. The molecule has 1 aromatic rings. The maximum absolute atomic E-state index is 12.5. The van der Waals surface area contributed by atoms with Crippen LogP contribution < -0.4 is 10.6 Å². The van der Waals surface area contributed by atoms with Crippen LogP contribution in [0.2, 0.25) is 0 Å². The first-order valence-corrected chi connectivity index (χ1v) is 9.03. The molecule has 1 aliphatic rings. The Hall–Kier alpha value is -1.10. The van der Waals surface area contributed by atoms with Crippen molar-refractivity contribution < 1.29 is 13.2 Å². The maximum Gasteiger partial charge on any atom is 0.272 e. The lowest BCUT2D eigenvalue weighted by Gasteiger charge is -2.30. The Morgan fingerprint density at radius 2 is 2.05 bits per heavy atom. The molecule has 2 N–H and O–H groups in total. The number of carbonyl (C=O) groups excluding carboxylic acids is 1. The minimum absolute atomic E-state index is 0.0758. The first-order valence-electron chi connectivity index (χ1n) is 6.78. The molecule has 2 rings (SSSR count). The zero-order valence-electron chi connectivity index (χ0n) is 12.0. The van der Waals surface area contributed by atoms with Crippen molar-refractivity contribution in [3.63, 3.8) is 0 Å². The number of hydrogen-bond acceptors (Lipinski definition) is 7. The standard InChI is InChI=1S/C11H19N5O3S2/c1-3-12-9-4-6-16(7-5-9)21(18,19)11-15-14-10(20-11)13-8(2)17/h9,12H,3-7H2,1-2H3,(H,13,14,17). The summed E-state index contributed by atoms with van der Waals surface area (Å²) in [6.45, 7) is 5.19. The Bertz CT molecular complexity index is 593. The topological polar surface area (TPSA) is 104 Å². The lowest BCUT2D eigenvalue weighted by Crippen LogP contribution is -2.44. The van der Waals surface area contributed by atoms with Crippen LogP contribution in [0.4, 0.5) is 5.13 Å². The zero-order valence-corrected chi connectivity index (χ0v) is 13.6. The number of nitrogens with zero attached hydrogens (tertiary/aromatic N) is 3. The highest BCUT2D eigenvalue weighted by Crippen LogP contribution is 2.25. The third-order valence-electron chi connectivity index (χ3n) is 3.20. The summed E-state index contributed by atoms with van der Waals surface area (Å²) in [7, 11) is -3.62. The minimum Gasteiger partial charge on any atom is -0.314 e. The van der Waals surface area contributed by atoms with Crippen molar-refractivity contribution in [2.45, 2.75) is 37.1 Å². The van der Waals surface area contributed by atoms with E-state index in [1.54, 1.807) is 0 Å². The Balaban J connectivity index is 2.05. The van der Waals surface area contributed by atoms with E-state index in [4.69, 9.17) is 0 Å². The fourth-order valence-electron chi connectivity index (χ4n) is 2.21. The van der Waals surface area contributed by atoms with E-state index in [1.807, 2.05) is 6.92 Å². The second-order valence-electron chi connectivity index (χ2n) is 4.79. The van der Waals surface area contributed by atoms with Gasteiger partial charge in [-0.25, -0.2) is 8.42 Å². The van der Waals surface area contributed by atoms with Gasteiger partial charge in [0.1, 0.15) is 0 Å². The van der Waals surface area contributed by atoms with Crippen molar-refractivity contribution >= 4 is 32.4 Å². The fourth-order valence-corrected chi connectivity index (χ4v) is 4.77. The van der Waals surface area contributed by atoms with Crippen LogP contribution in [0.1, 0.15) is 26.7 Å². The molecule has 0 spiro atoms. The molecule has 8 nitrogen and oxygen atoms in total. The normalized spacial score (nSPS) is 17.8. The van der Waals surface area contributed by atoms with Crippen LogP contribution in [0.3, 0.4) is 0 Å². The highest BCUT2D eigenvalue weighted by Gasteiger charge is 2.32. The number of aromatic nitrogens is 2. The quantitative estimate of drug-likeness (QED) is 0.749. The van der Waals surface area contributed by atoms with Crippen LogP contribution in [0.5, 0.6) is 0 Å². The summed E-state index contributed by atoms with van der Waals surface area (Å²) in [6, 6.07) is 0.366. The van der Waals surface area contributed by atoms with Crippen LogP contribution in [0, 0.1) is 0 Å². The molecule has 1 saturated heterocycles. The van der Waals surface area contributed by atoms with Gasteiger partial charge < -0.3 is 10.6 Å². The average molecular weight is 333 g/mol. The number of anilines is 1. The van der Waals surface area contributed by atoms with Crippen molar-refractivity contribution in [3.8, 4) is 0 Å². The largest absolute Gasteiger partial charge is 0.314 e. The summed E-state index contributed by atoms with van der Waals surface area (Å²) in [5, 5.41) is 13.3. The minimum atomic E-state index is -3.62. The number of amides is 1. The molecule has 0 atom stereocenters. The van der Waals surface area contributed by atoms with Gasteiger partial charge >= 0.3 is 0 Å². The average Bonchev–Trinajstić information content (AvgIpc) is 2.88. The highest BCUT2D eigenvalue weighted by atomic mass is 32.2. The molecule has 2 heterocycles. The van der Waals surface area contributed by atoms with Gasteiger partial charge in [0.25, 0.3) is 10.0 Å². The van der Waals surface area contributed by atoms with E-state index in [-0.39, 0.29) is 15.4 Å². The molecule has 1 aliphatic heterocycles. The van der Waals surface area contributed by atoms with E-state index in [9.17, 15) is 13.2 Å². The SMILES string of the molecule is CCNC1CCN(S(=O)(=O)c2nnc(NC(C)=O)s2)CC1. The van der Waals surface area contributed by atoms with E-state index >= 15 is 0 Å². The maximum atomic E-state index is 12.5. The molecular formula is C11H19N5O3S2. The first-order chi connectivity index (χ1) is 9.93. The molecule has 0 aliphatic carbocycles. The van der Waals surface area contributed by atoms with E-state index in [1.165, 1.54) is 11.2 Å². The van der Waals surface area contributed by atoms with Crippen molar-refractivity contribution in [3.05, 3.63) is 0 Å². The summed E-state index contributed by atoms with van der Waals surface area (Å²) in [4.78, 5) is 10.9. The lowest BCUT2D eigenvalue weighted by molar-refractivity contribution is -0.114. The van der Waals surface area contributed by atoms with Crippen molar-refractivity contribution in [1.29, 1.82) is 0 Å². The first kappa shape index (κ1) is 16.3. The van der Waals surface area contributed by atoms with Gasteiger partial charge in [-0.1, -0.05) is 18.3 Å². The van der Waals surface area contributed by atoms with Gasteiger partial charge in [-0.15, -0.1) is 10.2 Å². The van der Waals surface area contributed by atoms with Gasteiger partial charge in [-0.3, -0.25) is 4.79 Å². The molecule has 0 bridgehead atoms. The summed E-state index contributed by atoms with van der Waals surface area (Å²) in [5.74, 6) is -0.304. The van der Waals surface area contributed by atoms with E-state index in [0.29, 0.717) is 19.1 Å². The van der Waals surface area contributed by atoms with Gasteiger partial charge in [-0.05, 0) is 19.4 Å². The fraction of sp³-hybridized carbons (Fsp3) is 0.727. The number of hydrogen-bond donors (Lipinski definition) is 2. The molecule has 0 radical (unpaired) electrons. The molecule has 10 heteroatoms. The number of piperidine rings is 1. The monoisotopic (exact) mass is 333 g/mol. The third-order valence-corrected chi connectivity index (χ3v) is 6.28. The predicted octanol–water partition coefficient (Wildman–Crippen LogP) is 0.259. The van der Waals surface area contributed by atoms with Gasteiger partial charge in [-0.2, -0.15) is 4.31 Å². The predicted molar refractivity (Wildman–Crippen MR) is 79.7 cm³/mol. The Labute approximate surface area is 128 Å².